The predicted octanol–water partition coefficient (Wildman–Crippen LogP) is 2.12. The van der Waals surface area contributed by atoms with E-state index in [-0.39, 0.29) is 5.91 Å². The van der Waals surface area contributed by atoms with Gasteiger partial charge in [0.15, 0.2) is 0 Å². The third-order valence-corrected chi connectivity index (χ3v) is 2.29. The third kappa shape index (κ3) is 5.94. The van der Waals surface area contributed by atoms with E-state index in [4.69, 9.17) is 10.5 Å². The van der Waals surface area contributed by atoms with Crippen LogP contribution in [0.15, 0.2) is 35.9 Å². The van der Waals surface area contributed by atoms with Crippen molar-refractivity contribution in [3.05, 3.63) is 35.9 Å². The first kappa shape index (κ1) is 14.1. The number of nitrogen functional groups attached to an aromatic ring is 1. The maximum Gasteiger partial charge on any atom is 0.223 e. The van der Waals surface area contributed by atoms with Crippen LogP contribution < -0.4 is 15.8 Å². The fraction of sp³-hybridized carbons (Fsp3) is 0.357. The molecule has 0 aliphatic rings. The minimum atomic E-state index is -0.0112. The first-order valence-electron chi connectivity index (χ1n) is 5.96. The van der Waals surface area contributed by atoms with Gasteiger partial charge in [0.1, 0.15) is 5.75 Å². The summed E-state index contributed by atoms with van der Waals surface area (Å²) in [6, 6.07) is 7.11. The van der Waals surface area contributed by atoms with Gasteiger partial charge in [-0.2, -0.15) is 0 Å². The van der Waals surface area contributed by atoms with Crippen molar-refractivity contribution in [3.63, 3.8) is 0 Å². The molecule has 0 aliphatic heterocycles. The lowest BCUT2D eigenvalue weighted by atomic mass is 10.3. The van der Waals surface area contributed by atoms with Crippen LogP contribution >= 0.6 is 0 Å². The Morgan fingerprint density at radius 2 is 2.00 bits per heavy atom. The number of benzene rings is 1. The van der Waals surface area contributed by atoms with E-state index in [2.05, 4.69) is 5.32 Å². The maximum atomic E-state index is 11.4. The number of rotatable bonds is 6. The molecule has 1 aromatic carbocycles. The van der Waals surface area contributed by atoms with Crippen molar-refractivity contribution in [2.75, 3.05) is 18.9 Å². The highest BCUT2D eigenvalue weighted by molar-refractivity contribution is 5.76. The maximum absolute atomic E-state index is 11.4. The van der Waals surface area contributed by atoms with E-state index in [0.717, 1.165) is 5.75 Å². The number of amides is 1. The van der Waals surface area contributed by atoms with Gasteiger partial charge in [0.25, 0.3) is 0 Å². The number of anilines is 1. The summed E-state index contributed by atoms with van der Waals surface area (Å²) < 4.78 is 5.43. The molecule has 1 amide bonds. The zero-order valence-corrected chi connectivity index (χ0v) is 10.9. The average Bonchev–Trinajstić information content (AvgIpc) is 2.31. The molecular formula is C14H20N2O2. The molecule has 0 heterocycles. The van der Waals surface area contributed by atoms with Crippen molar-refractivity contribution in [3.8, 4) is 5.75 Å². The Balaban J connectivity index is 2.19. The smallest absolute Gasteiger partial charge is 0.223 e. The summed E-state index contributed by atoms with van der Waals surface area (Å²) in [5, 5.41) is 2.79. The summed E-state index contributed by atoms with van der Waals surface area (Å²) in [6.45, 7) is 4.93. The molecule has 0 unspecified atom stereocenters. The van der Waals surface area contributed by atoms with E-state index in [9.17, 15) is 4.79 Å². The van der Waals surface area contributed by atoms with Crippen LogP contribution in [0.25, 0.3) is 0 Å². The molecule has 1 aromatic rings. The van der Waals surface area contributed by atoms with E-state index in [0.29, 0.717) is 25.3 Å². The number of carbonyl (C=O) groups excluding carboxylic acids is 1. The first-order valence-corrected chi connectivity index (χ1v) is 5.96. The molecule has 0 bridgehead atoms. The van der Waals surface area contributed by atoms with Crippen molar-refractivity contribution < 1.29 is 9.53 Å². The van der Waals surface area contributed by atoms with Crippen molar-refractivity contribution in [1.82, 2.24) is 5.32 Å². The molecule has 1 rings (SSSR count). The van der Waals surface area contributed by atoms with Gasteiger partial charge < -0.3 is 15.8 Å². The highest BCUT2D eigenvalue weighted by atomic mass is 16.5. The van der Waals surface area contributed by atoms with Gasteiger partial charge >= 0.3 is 0 Å². The van der Waals surface area contributed by atoms with Gasteiger partial charge in [0.2, 0.25) is 5.91 Å². The average molecular weight is 248 g/mol. The van der Waals surface area contributed by atoms with E-state index < -0.39 is 0 Å². The second-order valence-corrected chi connectivity index (χ2v) is 4.25. The van der Waals surface area contributed by atoms with Crippen LogP contribution in [0, 0.1) is 0 Å². The van der Waals surface area contributed by atoms with Crippen LogP contribution in [-0.2, 0) is 4.79 Å². The molecule has 4 nitrogen and oxygen atoms in total. The Kier molecular flexibility index (Phi) is 5.77. The SMILES string of the molecule is CC(C)=CCNC(=O)CCOc1ccc(N)cc1. The predicted molar refractivity (Wildman–Crippen MR) is 73.4 cm³/mol. The normalized spacial score (nSPS) is 9.67. The Hall–Kier alpha value is -1.97. The van der Waals surface area contributed by atoms with Gasteiger partial charge in [0.05, 0.1) is 13.0 Å². The number of nitrogens with one attached hydrogen (secondary N) is 1. The molecule has 0 aromatic heterocycles. The molecule has 3 N–H and O–H groups in total. The number of nitrogens with two attached hydrogens (primary N) is 1. The van der Waals surface area contributed by atoms with Crippen molar-refractivity contribution in [1.29, 1.82) is 0 Å². The monoisotopic (exact) mass is 248 g/mol. The van der Waals surface area contributed by atoms with Gasteiger partial charge in [-0.25, -0.2) is 0 Å². The van der Waals surface area contributed by atoms with Gasteiger partial charge in [-0.05, 0) is 38.1 Å². The molecule has 0 radical (unpaired) electrons. The fourth-order valence-electron chi connectivity index (χ4n) is 1.28. The summed E-state index contributed by atoms with van der Waals surface area (Å²) in [7, 11) is 0. The zero-order valence-electron chi connectivity index (χ0n) is 10.9. The Bertz CT molecular complexity index is 406. The van der Waals surface area contributed by atoms with Gasteiger partial charge in [0, 0.05) is 12.2 Å². The summed E-state index contributed by atoms with van der Waals surface area (Å²) in [4.78, 5) is 11.4. The van der Waals surface area contributed by atoms with Crippen LogP contribution in [0.5, 0.6) is 5.75 Å². The minimum absolute atomic E-state index is 0.0112. The quantitative estimate of drug-likeness (QED) is 0.598. The fourth-order valence-corrected chi connectivity index (χ4v) is 1.28. The molecule has 0 fully saturated rings. The van der Waals surface area contributed by atoms with E-state index >= 15 is 0 Å². The molecule has 0 spiro atoms. The van der Waals surface area contributed by atoms with Crippen molar-refractivity contribution in [2.45, 2.75) is 20.3 Å². The molecule has 0 atom stereocenters. The summed E-state index contributed by atoms with van der Waals surface area (Å²) in [6.07, 6.45) is 2.32. The highest BCUT2D eigenvalue weighted by Gasteiger charge is 2.00. The lowest BCUT2D eigenvalue weighted by molar-refractivity contribution is -0.121. The van der Waals surface area contributed by atoms with Crippen LogP contribution in [0.3, 0.4) is 0 Å². The highest BCUT2D eigenvalue weighted by Crippen LogP contribution is 2.12. The minimum Gasteiger partial charge on any atom is -0.493 e. The Morgan fingerprint density at radius 1 is 1.33 bits per heavy atom. The molecule has 98 valence electrons. The summed E-state index contributed by atoms with van der Waals surface area (Å²) in [5.41, 5.74) is 7.44. The standard InChI is InChI=1S/C14H20N2O2/c1-11(2)7-9-16-14(17)8-10-18-13-5-3-12(15)4-6-13/h3-7H,8-10,15H2,1-2H3,(H,16,17). The van der Waals surface area contributed by atoms with Gasteiger partial charge in [-0.15, -0.1) is 0 Å². The number of hydrogen-bond donors (Lipinski definition) is 2. The molecule has 18 heavy (non-hydrogen) atoms. The summed E-state index contributed by atoms with van der Waals surface area (Å²) >= 11 is 0. The van der Waals surface area contributed by atoms with Crippen LogP contribution in [0.4, 0.5) is 5.69 Å². The first-order chi connectivity index (χ1) is 8.58. The van der Waals surface area contributed by atoms with Crippen molar-refractivity contribution in [2.24, 2.45) is 0 Å². The summed E-state index contributed by atoms with van der Waals surface area (Å²) in [5.74, 6) is 0.712. The molecule has 0 saturated carbocycles. The number of carbonyl (C=O) groups is 1. The van der Waals surface area contributed by atoms with Crippen LogP contribution in [-0.4, -0.2) is 19.1 Å². The number of hydrogen-bond acceptors (Lipinski definition) is 3. The second-order valence-electron chi connectivity index (χ2n) is 4.25. The Morgan fingerprint density at radius 3 is 2.61 bits per heavy atom. The lowest BCUT2D eigenvalue weighted by Gasteiger charge is -2.06. The molecule has 0 saturated heterocycles. The van der Waals surface area contributed by atoms with Crippen LogP contribution in [0.1, 0.15) is 20.3 Å². The third-order valence-electron chi connectivity index (χ3n) is 2.29. The lowest BCUT2D eigenvalue weighted by Crippen LogP contribution is -2.25. The topological polar surface area (TPSA) is 64.3 Å². The number of ether oxygens (including phenoxy) is 1. The zero-order chi connectivity index (χ0) is 13.4. The van der Waals surface area contributed by atoms with Gasteiger partial charge in [-0.3, -0.25) is 4.79 Å². The second kappa shape index (κ2) is 7.37. The van der Waals surface area contributed by atoms with Crippen molar-refractivity contribution >= 4 is 11.6 Å². The van der Waals surface area contributed by atoms with E-state index in [1.165, 1.54) is 5.57 Å². The molecule has 0 aliphatic carbocycles. The van der Waals surface area contributed by atoms with Crippen LogP contribution in [0.2, 0.25) is 0 Å². The number of allylic oxidation sites excluding steroid dienone is 1. The molecule has 4 heteroatoms. The largest absolute Gasteiger partial charge is 0.493 e. The van der Waals surface area contributed by atoms with E-state index in [1.54, 1.807) is 24.3 Å². The Labute approximate surface area is 108 Å². The molecular weight excluding hydrogens is 228 g/mol. The van der Waals surface area contributed by atoms with Gasteiger partial charge in [-0.1, -0.05) is 11.6 Å². The van der Waals surface area contributed by atoms with E-state index in [1.807, 2.05) is 19.9 Å².